The number of rotatable bonds is 10. The lowest BCUT2D eigenvalue weighted by Gasteiger charge is -2.04. The van der Waals surface area contributed by atoms with Gasteiger partial charge in [-0.15, -0.1) is 0 Å². The van der Waals surface area contributed by atoms with Gasteiger partial charge in [0, 0.05) is 0 Å². The molecule has 0 bridgehead atoms. The first-order valence-electron chi connectivity index (χ1n) is 5.45. The van der Waals surface area contributed by atoms with E-state index in [0.29, 0.717) is 0 Å². The molecule has 0 aromatic rings. The van der Waals surface area contributed by atoms with Gasteiger partial charge in [0.05, 0.1) is 0 Å². The molecule has 0 N–H and O–H groups in total. The molecule has 0 aliphatic carbocycles. The van der Waals surface area contributed by atoms with Gasteiger partial charge < -0.3 is 0 Å². The molecule has 0 aromatic heterocycles. The van der Waals surface area contributed by atoms with Crippen molar-refractivity contribution in [3.05, 3.63) is 0 Å². The molecule has 0 nitrogen and oxygen atoms in total. The van der Waals surface area contributed by atoms with Gasteiger partial charge in [0.1, 0.15) is 0 Å². The maximum absolute atomic E-state index is 5.27. The fourth-order valence-electron chi connectivity index (χ4n) is 1.29. The summed E-state index contributed by atoms with van der Waals surface area (Å²) in [7, 11) is 0. The molecule has 0 atom stereocenters. The van der Waals surface area contributed by atoms with Crippen LogP contribution in [0.3, 0.4) is 0 Å². The Morgan fingerprint density at radius 1 is 0.667 bits per heavy atom. The number of thiocarbonyl (C=S) groups is 2. The van der Waals surface area contributed by atoms with Crippen LogP contribution in [-0.2, 0) is 0 Å². The molecular weight excluding hydrogens is 260 g/mol. The molecule has 0 radical (unpaired) electrons. The van der Waals surface area contributed by atoms with Gasteiger partial charge >= 0.3 is 0 Å². The Hall–Kier alpha value is 0.880. The standard InChI is InChI=1S/C11H20S4/c12-8-2-6-10(14)4-1-5-11(15)7-3-9-13/h12-13H,1-9H2. The molecule has 4 heteroatoms. The van der Waals surface area contributed by atoms with Crippen LogP contribution in [0.15, 0.2) is 0 Å². The summed E-state index contributed by atoms with van der Waals surface area (Å²) in [6, 6.07) is 0. The van der Waals surface area contributed by atoms with Gasteiger partial charge in [0.2, 0.25) is 0 Å². The van der Waals surface area contributed by atoms with Gasteiger partial charge in [-0.1, -0.05) is 24.4 Å². The van der Waals surface area contributed by atoms with E-state index in [0.717, 1.165) is 56.5 Å². The number of hydrogen-bond acceptors (Lipinski definition) is 4. The highest BCUT2D eigenvalue weighted by Gasteiger charge is 2.00. The van der Waals surface area contributed by atoms with E-state index in [4.69, 9.17) is 24.4 Å². The van der Waals surface area contributed by atoms with Crippen LogP contribution in [0.5, 0.6) is 0 Å². The first-order valence-corrected chi connectivity index (χ1v) is 7.54. The quantitative estimate of drug-likeness (QED) is 0.452. The molecule has 88 valence electrons. The van der Waals surface area contributed by atoms with Crippen molar-refractivity contribution in [2.45, 2.75) is 44.9 Å². The van der Waals surface area contributed by atoms with Gasteiger partial charge in [-0.05, 0) is 66.2 Å². The van der Waals surface area contributed by atoms with E-state index in [9.17, 15) is 0 Å². The Morgan fingerprint density at radius 3 is 1.33 bits per heavy atom. The predicted molar refractivity (Wildman–Crippen MR) is 85.2 cm³/mol. The molecule has 0 rings (SSSR count). The van der Waals surface area contributed by atoms with E-state index < -0.39 is 0 Å². The van der Waals surface area contributed by atoms with Crippen molar-refractivity contribution in [3.63, 3.8) is 0 Å². The minimum Gasteiger partial charge on any atom is -0.179 e. The summed E-state index contributed by atoms with van der Waals surface area (Å²) < 4.78 is 0. The highest BCUT2D eigenvalue weighted by molar-refractivity contribution is 7.81. The predicted octanol–water partition coefficient (Wildman–Crippen LogP) is 4.32. The van der Waals surface area contributed by atoms with Crippen molar-refractivity contribution in [1.29, 1.82) is 0 Å². The van der Waals surface area contributed by atoms with Crippen LogP contribution >= 0.6 is 49.7 Å². The fraction of sp³-hybridized carbons (Fsp3) is 0.818. The second-order valence-corrected chi connectivity index (χ2v) is 5.63. The summed E-state index contributed by atoms with van der Waals surface area (Å²) in [6.07, 6.45) is 7.51. The Balaban J connectivity index is 3.36. The zero-order valence-corrected chi connectivity index (χ0v) is 12.5. The molecule has 15 heavy (non-hydrogen) atoms. The topological polar surface area (TPSA) is 0 Å². The van der Waals surface area contributed by atoms with Crippen molar-refractivity contribution in [1.82, 2.24) is 0 Å². The van der Waals surface area contributed by atoms with Crippen LogP contribution in [0.4, 0.5) is 0 Å². The summed E-state index contributed by atoms with van der Waals surface area (Å²) in [4.78, 5) is 2.36. The maximum atomic E-state index is 5.27. The molecule has 0 aromatic carbocycles. The van der Waals surface area contributed by atoms with E-state index in [1.807, 2.05) is 0 Å². The minimum absolute atomic E-state index is 0.931. The summed E-state index contributed by atoms with van der Waals surface area (Å²) in [5, 5.41) is 0. The molecule has 0 fully saturated rings. The molecule has 0 aliphatic rings. The van der Waals surface area contributed by atoms with Gasteiger partial charge in [0.25, 0.3) is 0 Å². The lowest BCUT2D eigenvalue weighted by atomic mass is 10.1. The van der Waals surface area contributed by atoms with E-state index >= 15 is 0 Å². The van der Waals surface area contributed by atoms with E-state index in [-0.39, 0.29) is 0 Å². The maximum Gasteiger partial charge on any atom is -0.00711 e. The third kappa shape index (κ3) is 11.1. The van der Waals surface area contributed by atoms with Crippen LogP contribution in [0.25, 0.3) is 0 Å². The lowest BCUT2D eigenvalue weighted by Crippen LogP contribution is -1.99. The lowest BCUT2D eigenvalue weighted by molar-refractivity contribution is 0.880. The zero-order valence-electron chi connectivity index (χ0n) is 9.07. The monoisotopic (exact) mass is 280 g/mol. The Bertz CT molecular complexity index is 169. The largest absolute Gasteiger partial charge is 0.179 e. The molecule has 0 spiro atoms. The van der Waals surface area contributed by atoms with Crippen molar-refractivity contribution in [2.24, 2.45) is 0 Å². The second-order valence-electron chi connectivity index (χ2n) is 3.59. The fourth-order valence-corrected chi connectivity index (χ4v) is 2.18. The average Bonchev–Trinajstić information content (AvgIpc) is 2.23. The van der Waals surface area contributed by atoms with E-state index in [1.54, 1.807) is 0 Å². The summed E-state index contributed by atoms with van der Waals surface area (Å²) in [5.41, 5.74) is 0. The van der Waals surface area contributed by atoms with Crippen molar-refractivity contribution in [2.75, 3.05) is 11.5 Å². The van der Waals surface area contributed by atoms with Crippen LogP contribution in [0.2, 0.25) is 0 Å². The van der Waals surface area contributed by atoms with Crippen molar-refractivity contribution < 1.29 is 0 Å². The molecule has 0 aliphatic heterocycles. The SMILES string of the molecule is S=C(CCCS)CCCC(=S)CCCS. The smallest absolute Gasteiger partial charge is 0.00711 e. The first-order chi connectivity index (χ1) is 7.20. The highest BCUT2D eigenvalue weighted by Crippen LogP contribution is 2.08. The molecule has 0 heterocycles. The van der Waals surface area contributed by atoms with Gasteiger partial charge in [-0.2, -0.15) is 25.3 Å². The van der Waals surface area contributed by atoms with E-state index in [2.05, 4.69) is 25.3 Å². The van der Waals surface area contributed by atoms with Crippen molar-refractivity contribution in [3.8, 4) is 0 Å². The third-order valence-electron chi connectivity index (χ3n) is 2.14. The average molecular weight is 281 g/mol. The van der Waals surface area contributed by atoms with Crippen LogP contribution in [0, 0.1) is 0 Å². The zero-order chi connectivity index (χ0) is 11.5. The summed E-state index contributed by atoms with van der Waals surface area (Å²) in [5.74, 6) is 1.86. The normalized spacial score (nSPS) is 10.3. The summed E-state index contributed by atoms with van der Waals surface area (Å²) in [6.45, 7) is 0. The van der Waals surface area contributed by atoms with Crippen LogP contribution < -0.4 is 0 Å². The highest BCUT2D eigenvalue weighted by atomic mass is 32.1. The summed E-state index contributed by atoms with van der Waals surface area (Å²) >= 11 is 18.9. The second kappa shape index (κ2) is 11.4. The van der Waals surface area contributed by atoms with Gasteiger partial charge in [0.15, 0.2) is 0 Å². The number of hydrogen-bond donors (Lipinski definition) is 2. The molecular formula is C11H20S4. The Labute approximate surface area is 115 Å². The van der Waals surface area contributed by atoms with Crippen LogP contribution in [-0.4, -0.2) is 21.2 Å². The van der Waals surface area contributed by atoms with Crippen molar-refractivity contribution >= 4 is 59.4 Å². The number of thiol groups is 2. The Morgan fingerprint density at radius 2 is 1.00 bits per heavy atom. The third-order valence-corrected chi connectivity index (χ3v) is 3.59. The molecule has 0 unspecified atom stereocenters. The molecule has 0 saturated carbocycles. The molecule has 0 amide bonds. The Kier molecular flexibility index (Phi) is 12.0. The molecule has 0 saturated heterocycles. The van der Waals surface area contributed by atoms with Gasteiger partial charge in [-0.25, -0.2) is 0 Å². The van der Waals surface area contributed by atoms with Gasteiger partial charge in [-0.3, -0.25) is 0 Å². The van der Waals surface area contributed by atoms with Crippen LogP contribution in [0.1, 0.15) is 44.9 Å². The van der Waals surface area contributed by atoms with E-state index in [1.165, 1.54) is 9.73 Å². The first kappa shape index (κ1) is 15.9. The minimum atomic E-state index is 0.931.